The van der Waals surface area contributed by atoms with Gasteiger partial charge in [-0.3, -0.25) is 0 Å². The lowest BCUT2D eigenvalue weighted by Gasteiger charge is -2.30. The first-order valence-corrected chi connectivity index (χ1v) is 16.2. The molecule has 3 aromatic heterocycles. The van der Waals surface area contributed by atoms with Gasteiger partial charge in [-0.15, -0.1) is 11.3 Å². The van der Waals surface area contributed by atoms with Crippen LogP contribution in [0.25, 0.3) is 11.5 Å². The number of nitrogens with two attached hydrogens (primary N) is 1. The molecule has 1 aliphatic carbocycles. The molecule has 3 aromatic rings. The molecule has 2 N–H and O–H groups in total. The molecule has 2 atom stereocenters. The molecule has 45 heavy (non-hydrogen) atoms. The maximum Gasteiger partial charge on any atom is 0.410 e. The largest absolute Gasteiger partial charge is 0.476 e. The van der Waals surface area contributed by atoms with Crippen LogP contribution < -0.4 is 15.4 Å². The van der Waals surface area contributed by atoms with Crippen molar-refractivity contribution in [1.82, 2.24) is 29.9 Å². The van der Waals surface area contributed by atoms with Gasteiger partial charge in [-0.2, -0.15) is 15.2 Å². The zero-order valence-electron chi connectivity index (χ0n) is 27.2. The van der Waals surface area contributed by atoms with Crippen LogP contribution in [-0.4, -0.2) is 94.5 Å². The first-order chi connectivity index (χ1) is 21.3. The average molecular weight is 638 g/mol. The standard InChI is InChI=1S/C31H43N9O4S/c1-19-18-38(6)12-9-13-40(19)28-34-21(16-23(35-28)42-15-14-39(7)29(41)43-30(2,3)4)26-36-27(44-37-26)31(5)11-8-10-22-24(31)20(17-32)25(33)45-22/h16,19H,8-15,18,33H2,1-7H3/t19-,31-/m0/s1. The zero-order chi connectivity index (χ0) is 32.5. The molecule has 2 aliphatic rings. The Kier molecular flexibility index (Phi) is 9.23. The summed E-state index contributed by atoms with van der Waals surface area (Å²) in [7, 11) is 3.78. The van der Waals surface area contributed by atoms with Crippen LogP contribution in [0, 0.1) is 11.3 Å². The number of anilines is 2. The van der Waals surface area contributed by atoms with Crippen LogP contribution in [0.1, 0.15) is 75.8 Å². The second-order valence-corrected chi connectivity index (χ2v) is 14.3. The second-order valence-electron chi connectivity index (χ2n) is 13.2. The monoisotopic (exact) mass is 637 g/mol. The fraction of sp³-hybridized carbons (Fsp3) is 0.613. The van der Waals surface area contributed by atoms with E-state index in [1.807, 2.05) is 27.7 Å². The van der Waals surface area contributed by atoms with E-state index >= 15 is 0 Å². The molecule has 5 rings (SSSR count). The van der Waals surface area contributed by atoms with Crippen molar-refractivity contribution in [2.45, 2.75) is 77.4 Å². The van der Waals surface area contributed by atoms with Crippen LogP contribution in [-0.2, 0) is 16.6 Å². The van der Waals surface area contributed by atoms with E-state index in [-0.39, 0.29) is 12.6 Å². The number of nitrogens with zero attached hydrogens (tertiary/aromatic N) is 8. The number of hydrogen-bond donors (Lipinski definition) is 1. The summed E-state index contributed by atoms with van der Waals surface area (Å²) in [4.78, 5) is 34.0. The number of nitrogen functional groups attached to an aromatic ring is 1. The Labute approximate surface area is 268 Å². The van der Waals surface area contributed by atoms with Crippen molar-refractivity contribution in [2.24, 2.45) is 0 Å². The van der Waals surface area contributed by atoms with Crippen LogP contribution in [0.5, 0.6) is 5.88 Å². The number of carbonyl (C=O) groups excluding carboxylic acids is 1. The summed E-state index contributed by atoms with van der Waals surface area (Å²) in [5.74, 6) is 1.58. The van der Waals surface area contributed by atoms with Gasteiger partial charge in [0.15, 0.2) is 0 Å². The summed E-state index contributed by atoms with van der Waals surface area (Å²) in [5.41, 5.74) is 6.83. The maximum atomic E-state index is 12.4. The van der Waals surface area contributed by atoms with Crippen molar-refractivity contribution in [2.75, 3.05) is 57.5 Å². The highest BCUT2D eigenvalue weighted by molar-refractivity contribution is 7.16. The third-order valence-corrected chi connectivity index (χ3v) is 9.33. The topological polar surface area (TPSA) is 160 Å². The summed E-state index contributed by atoms with van der Waals surface area (Å²) >= 11 is 1.46. The Hall–Kier alpha value is -3.96. The molecule has 1 saturated heterocycles. The van der Waals surface area contributed by atoms with Crippen LogP contribution >= 0.6 is 11.3 Å². The Morgan fingerprint density at radius 2 is 2.07 bits per heavy atom. The summed E-state index contributed by atoms with van der Waals surface area (Å²) in [6, 6.07) is 4.15. The minimum Gasteiger partial charge on any atom is -0.476 e. The van der Waals surface area contributed by atoms with Gasteiger partial charge >= 0.3 is 6.09 Å². The number of rotatable bonds is 7. The molecule has 0 aromatic carbocycles. The van der Waals surface area contributed by atoms with Gasteiger partial charge in [0.05, 0.1) is 17.5 Å². The molecule has 1 fully saturated rings. The van der Waals surface area contributed by atoms with Gasteiger partial charge in [0.2, 0.25) is 23.5 Å². The SMILES string of the molecule is C[C@H]1CN(C)CCCN1c1nc(OCCN(C)C(=O)OC(C)(C)C)cc(-c2noc([C@@]3(C)CCCc4sc(N)c(C#N)c43)n2)n1. The van der Waals surface area contributed by atoms with Crippen molar-refractivity contribution in [3.05, 3.63) is 28.0 Å². The van der Waals surface area contributed by atoms with E-state index < -0.39 is 17.1 Å². The lowest BCUT2D eigenvalue weighted by Crippen LogP contribution is -2.39. The third kappa shape index (κ3) is 6.99. The van der Waals surface area contributed by atoms with E-state index in [4.69, 9.17) is 34.7 Å². The average Bonchev–Trinajstić information content (AvgIpc) is 3.55. The number of fused-ring (bicyclic) bond motifs is 1. The molecule has 0 unspecified atom stereocenters. The van der Waals surface area contributed by atoms with E-state index in [0.29, 0.717) is 46.3 Å². The van der Waals surface area contributed by atoms with Gasteiger partial charge in [0.25, 0.3) is 0 Å². The van der Waals surface area contributed by atoms with Gasteiger partial charge in [-0.1, -0.05) is 5.16 Å². The fourth-order valence-corrected chi connectivity index (χ4v) is 7.17. The second kappa shape index (κ2) is 12.8. The molecule has 0 radical (unpaired) electrons. The lowest BCUT2D eigenvalue weighted by atomic mass is 9.72. The molecule has 1 amide bonds. The highest BCUT2D eigenvalue weighted by Gasteiger charge is 2.43. The smallest absolute Gasteiger partial charge is 0.410 e. The normalized spacial score (nSPS) is 20.7. The fourth-order valence-electron chi connectivity index (χ4n) is 5.98. The van der Waals surface area contributed by atoms with Crippen molar-refractivity contribution in [3.63, 3.8) is 0 Å². The van der Waals surface area contributed by atoms with E-state index in [2.05, 4.69) is 35.0 Å². The number of carbonyl (C=O) groups is 1. The number of thiophene rings is 1. The number of aryl methyl sites for hydroxylation is 1. The number of hydrogen-bond acceptors (Lipinski definition) is 13. The zero-order valence-corrected chi connectivity index (χ0v) is 28.0. The van der Waals surface area contributed by atoms with Crippen LogP contribution in [0.2, 0.25) is 0 Å². The highest BCUT2D eigenvalue weighted by atomic mass is 32.1. The molecule has 0 spiro atoms. The van der Waals surface area contributed by atoms with Crippen molar-refractivity contribution >= 4 is 28.4 Å². The Morgan fingerprint density at radius 3 is 2.80 bits per heavy atom. The minimum absolute atomic E-state index is 0.160. The molecule has 0 saturated carbocycles. The Balaban J connectivity index is 1.45. The molecule has 0 bridgehead atoms. The van der Waals surface area contributed by atoms with Gasteiger partial charge in [0, 0.05) is 42.7 Å². The maximum absolute atomic E-state index is 12.4. The minimum atomic E-state index is -0.649. The number of aromatic nitrogens is 4. The molecular weight excluding hydrogens is 594 g/mol. The number of ether oxygens (including phenoxy) is 2. The number of nitriles is 1. The van der Waals surface area contributed by atoms with Gasteiger partial charge in [0.1, 0.15) is 29.0 Å². The predicted octanol–water partition coefficient (Wildman–Crippen LogP) is 4.46. The quantitative estimate of drug-likeness (QED) is 0.388. The molecular formula is C31H43N9O4S. The first-order valence-electron chi connectivity index (χ1n) is 15.4. The van der Waals surface area contributed by atoms with E-state index in [1.54, 1.807) is 13.1 Å². The summed E-state index contributed by atoms with van der Waals surface area (Å²) in [5, 5.41) is 14.8. The van der Waals surface area contributed by atoms with Crippen molar-refractivity contribution in [1.29, 1.82) is 5.26 Å². The molecule has 4 heterocycles. The third-order valence-electron chi connectivity index (χ3n) is 8.26. The van der Waals surface area contributed by atoms with Gasteiger partial charge in [-0.25, -0.2) is 9.78 Å². The molecule has 14 heteroatoms. The molecule has 242 valence electrons. The number of amides is 1. The van der Waals surface area contributed by atoms with E-state index in [1.165, 1.54) is 16.2 Å². The first kappa shape index (κ1) is 32.4. The predicted molar refractivity (Wildman–Crippen MR) is 171 cm³/mol. The van der Waals surface area contributed by atoms with Crippen molar-refractivity contribution in [3.8, 4) is 23.5 Å². The lowest BCUT2D eigenvalue weighted by molar-refractivity contribution is 0.0277. The Bertz CT molecular complexity index is 1580. The van der Waals surface area contributed by atoms with E-state index in [9.17, 15) is 10.1 Å². The van der Waals surface area contributed by atoms with Crippen molar-refractivity contribution < 1.29 is 18.8 Å². The number of likely N-dealkylation sites (N-methyl/N-ethyl adjacent to an activating group) is 2. The summed E-state index contributed by atoms with van der Waals surface area (Å²) < 4.78 is 17.4. The van der Waals surface area contributed by atoms with Crippen LogP contribution in [0.4, 0.5) is 15.7 Å². The summed E-state index contributed by atoms with van der Waals surface area (Å²) in [6.07, 6.45) is 3.07. The van der Waals surface area contributed by atoms with Gasteiger partial charge < -0.3 is 34.4 Å². The molecule has 1 aliphatic heterocycles. The Morgan fingerprint density at radius 1 is 1.29 bits per heavy atom. The van der Waals surface area contributed by atoms with Crippen LogP contribution in [0.3, 0.4) is 0 Å². The highest BCUT2D eigenvalue weighted by Crippen LogP contribution is 2.48. The van der Waals surface area contributed by atoms with Crippen LogP contribution in [0.15, 0.2) is 10.6 Å². The van der Waals surface area contributed by atoms with Gasteiger partial charge in [-0.05, 0) is 73.9 Å². The van der Waals surface area contributed by atoms with E-state index in [0.717, 1.165) is 55.8 Å². The molecule has 13 nitrogen and oxygen atoms in total. The summed E-state index contributed by atoms with van der Waals surface area (Å²) in [6.45, 7) is 12.8.